The number of carbonyl (C=O) groups excluding carboxylic acids is 1. The van der Waals surface area contributed by atoms with Gasteiger partial charge in [-0.15, -0.1) is 0 Å². The first-order chi connectivity index (χ1) is 14.5. The van der Waals surface area contributed by atoms with Gasteiger partial charge in [-0.05, 0) is 36.3 Å². The lowest BCUT2D eigenvalue weighted by Crippen LogP contribution is -2.51. The molecular weight excluding hydrogens is 446 g/mol. The molecule has 0 saturated carbocycles. The van der Waals surface area contributed by atoms with Crippen molar-refractivity contribution in [3.63, 3.8) is 0 Å². The Morgan fingerprint density at radius 3 is 2.48 bits per heavy atom. The van der Waals surface area contributed by atoms with E-state index in [9.17, 15) is 28.5 Å². The molecule has 0 bridgehead atoms. The predicted molar refractivity (Wildman–Crippen MR) is 118 cm³/mol. The summed E-state index contributed by atoms with van der Waals surface area (Å²) in [5, 5.41) is 33.3. The van der Waals surface area contributed by atoms with Crippen molar-refractivity contribution in [2.45, 2.75) is 43.9 Å². The highest BCUT2D eigenvalue weighted by molar-refractivity contribution is 7.91. The summed E-state index contributed by atoms with van der Waals surface area (Å²) in [7, 11) is -3.64. The SMILES string of the molecule is CC(c1ccc(O)cc1)C(NC(=O)c1coc(NS(C)(=O)=O)n1)C(O)C(O)CCCS. The van der Waals surface area contributed by atoms with Crippen molar-refractivity contribution in [3.8, 4) is 5.75 Å². The van der Waals surface area contributed by atoms with E-state index in [2.05, 4.69) is 22.9 Å². The largest absolute Gasteiger partial charge is 0.508 e. The number of phenols is 1. The van der Waals surface area contributed by atoms with Gasteiger partial charge in [0.05, 0.1) is 18.4 Å². The quantitative estimate of drug-likeness (QED) is 0.264. The Morgan fingerprint density at radius 2 is 1.90 bits per heavy atom. The fourth-order valence-electron chi connectivity index (χ4n) is 3.01. The molecule has 5 N–H and O–H groups in total. The van der Waals surface area contributed by atoms with Gasteiger partial charge in [-0.2, -0.15) is 17.6 Å². The van der Waals surface area contributed by atoms with E-state index in [1.165, 1.54) is 12.1 Å². The first kappa shape index (κ1) is 25.0. The molecule has 0 aliphatic rings. The molecule has 1 aromatic heterocycles. The van der Waals surface area contributed by atoms with Crippen LogP contribution in [0.5, 0.6) is 5.75 Å². The summed E-state index contributed by atoms with van der Waals surface area (Å²) in [6.07, 6.45) is 0.319. The van der Waals surface area contributed by atoms with Crippen LogP contribution in [-0.4, -0.2) is 64.9 Å². The average molecular weight is 474 g/mol. The monoisotopic (exact) mass is 473 g/mol. The molecule has 0 radical (unpaired) electrons. The van der Waals surface area contributed by atoms with Gasteiger partial charge in [-0.3, -0.25) is 4.79 Å². The molecule has 4 atom stereocenters. The number of aromatic nitrogens is 1. The second-order valence-electron chi connectivity index (χ2n) is 7.22. The van der Waals surface area contributed by atoms with Crippen LogP contribution in [0.4, 0.5) is 6.01 Å². The number of amides is 1. The predicted octanol–water partition coefficient (Wildman–Crippen LogP) is 1.09. The molecule has 0 aliphatic carbocycles. The van der Waals surface area contributed by atoms with Crippen LogP contribution in [0.25, 0.3) is 0 Å². The summed E-state index contributed by atoms with van der Waals surface area (Å²) in [5.74, 6) is -0.574. The second kappa shape index (κ2) is 10.8. The van der Waals surface area contributed by atoms with Crippen molar-refractivity contribution in [2.75, 3.05) is 16.7 Å². The van der Waals surface area contributed by atoms with Crippen molar-refractivity contribution < 1.29 is 32.9 Å². The van der Waals surface area contributed by atoms with E-state index >= 15 is 0 Å². The van der Waals surface area contributed by atoms with E-state index in [4.69, 9.17) is 4.42 Å². The van der Waals surface area contributed by atoms with Crippen LogP contribution in [-0.2, 0) is 10.0 Å². The maximum atomic E-state index is 12.7. The summed E-state index contributed by atoms with van der Waals surface area (Å²) in [6, 6.07) is 4.97. The van der Waals surface area contributed by atoms with Gasteiger partial charge >= 0.3 is 6.01 Å². The zero-order chi connectivity index (χ0) is 23.2. The number of aliphatic hydroxyl groups excluding tert-OH is 2. The number of thiol groups is 1. The van der Waals surface area contributed by atoms with E-state index in [0.717, 1.165) is 12.5 Å². The molecule has 2 rings (SSSR count). The Bertz CT molecular complexity index is 963. The average Bonchev–Trinajstić information content (AvgIpc) is 3.16. The number of aliphatic hydroxyl groups is 2. The van der Waals surface area contributed by atoms with Gasteiger partial charge in [0.1, 0.15) is 18.1 Å². The zero-order valence-corrected chi connectivity index (χ0v) is 18.8. The summed E-state index contributed by atoms with van der Waals surface area (Å²) in [4.78, 5) is 16.5. The maximum Gasteiger partial charge on any atom is 0.309 e. The standard InChI is InChI=1S/C19H27N3O7S2/c1-11(12-5-7-13(23)8-6-12)16(17(25)15(24)4-3-9-30)21-18(26)14-10-29-19(20-14)22-31(2,27)28/h5-8,10-11,15-17,23-25,30H,3-4,9H2,1-2H3,(H,20,22)(H,21,26). The number of hydrogen-bond acceptors (Lipinski definition) is 9. The number of hydrogen-bond donors (Lipinski definition) is 6. The highest BCUT2D eigenvalue weighted by Crippen LogP contribution is 2.26. The highest BCUT2D eigenvalue weighted by atomic mass is 32.2. The Morgan fingerprint density at radius 1 is 1.26 bits per heavy atom. The Balaban J connectivity index is 2.24. The Labute approximate surface area is 186 Å². The van der Waals surface area contributed by atoms with Crippen molar-refractivity contribution in [1.29, 1.82) is 0 Å². The fraction of sp³-hybridized carbons (Fsp3) is 0.474. The maximum absolute atomic E-state index is 12.7. The molecule has 0 aliphatic heterocycles. The van der Waals surface area contributed by atoms with Crippen LogP contribution in [0.3, 0.4) is 0 Å². The van der Waals surface area contributed by atoms with Gasteiger partial charge in [0.15, 0.2) is 5.69 Å². The number of nitrogens with one attached hydrogen (secondary N) is 2. The van der Waals surface area contributed by atoms with Crippen LogP contribution in [0.2, 0.25) is 0 Å². The minimum Gasteiger partial charge on any atom is -0.508 e. The van der Waals surface area contributed by atoms with Crippen molar-refractivity contribution in [2.24, 2.45) is 0 Å². The van der Waals surface area contributed by atoms with Gasteiger partial charge in [0.25, 0.3) is 5.91 Å². The van der Waals surface area contributed by atoms with Gasteiger partial charge in [0, 0.05) is 5.92 Å². The molecule has 0 spiro atoms. The molecule has 2 aromatic rings. The van der Waals surface area contributed by atoms with E-state index in [-0.39, 0.29) is 23.9 Å². The number of sulfonamides is 1. The summed E-state index contributed by atoms with van der Waals surface area (Å²) < 4.78 is 29.5. The molecule has 1 heterocycles. The summed E-state index contributed by atoms with van der Waals surface area (Å²) >= 11 is 4.10. The minimum atomic E-state index is -3.64. The van der Waals surface area contributed by atoms with Crippen molar-refractivity contribution in [3.05, 3.63) is 41.8 Å². The third-order valence-corrected chi connectivity index (χ3v) is 5.55. The molecule has 0 saturated heterocycles. The molecule has 31 heavy (non-hydrogen) atoms. The van der Waals surface area contributed by atoms with E-state index in [0.29, 0.717) is 17.7 Å². The van der Waals surface area contributed by atoms with Crippen molar-refractivity contribution >= 4 is 34.6 Å². The molecule has 10 nitrogen and oxygen atoms in total. The lowest BCUT2D eigenvalue weighted by molar-refractivity contribution is -0.0120. The summed E-state index contributed by atoms with van der Waals surface area (Å²) in [5.41, 5.74) is 0.509. The number of phenolic OH excluding ortho intramolecular Hbond substituents is 1. The number of rotatable bonds is 11. The second-order valence-corrected chi connectivity index (χ2v) is 9.41. The first-order valence-electron chi connectivity index (χ1n) is 9.52. The van der Waals surface area contributed by atoms with Crippen molar-refractivity contribution in [1.82, 2.24) is 10.3 Å². The smallest absolute Gasteiger partial charge is 0.309 e. The van der Waals surface area contributed by atoms with Crippen LogP contribution < -0.4 is 10.0 Å². The zero-order valence-electron chi connectivity index (χ0n) is 17.1. The third-order valence-electron chi connectivity index (χ3n) is 4.69. The topological polar surface area (TPSA) is 162 Å². The first-order valence-corrected chi connectivity index (χ1v) is 12.0. The lowest BCUT2D eigenvalue weighted by Gasteiger charge is -2.32. The summed E-state index contributed by atoms with van der Waals surface area (Å²) in [6.45, 7) is 1.76. The molecule has 12 heteroatoms. The van der Waals surface area contributed by atoms with Gasteiger partial charge < -0.3 is 25.1 Å². The number of anilines is 1. The van der Waals surface area contributed by atoms with E-state index in [1.54, 1.807) is 19.1 Å². The lowest BCUT2D eigenvalue weighted by atomic mass is 9.86. The number of oxazole rings is 1. The number of carbonyl (C=O) groups is 1. The van der Waals surface area contributed by atoms with Crippen LogP contribution >= 0.6 is 12.6 Å². The van der Waals surface area contributed by atoms with E-state index in [1.807, 2.05) is 4.72 Å². The fourth-order valence-corrected chi connectivity index (χ4v) is 3.60. The third kappa shape index (κ3) is 7.42. The Kier molecular flexibility index (Phi) is 8.74. The molecule has 172 valence electrons. The van der Waals surface area contributed by atoms with Gasteiger partial charge in [0.2, 0.25) is 10.0 Å². The van der Waals surface area contributed by atoms with Gasteiger partial charge in [-0.25, -0.2) is 13.1 Å². The molecular formula is C19H27N3O7S2. The molecule has 0 fully saturated rings. The van der Waals surface area contributed by atoms with Crippen LogP contribution in [0.15, 0.2) is 34.9 Å². The Hall–Kier alpha value is -2.28. The molecule has 1 aromatic carbocycles. The number of benzene rings is 1. The molecule has 1 amide bonds. The number of aromatic hydroxyl groups is 1. The van der Waals surface area contributed by atoms with Gasteiger partial charge in [-0.1, -0.05) is 19.1 Å². The van der Waals surface area contributed by atoms with Crippen LogP contribution in [0.1, 0.15) is 41.7 Å². The van der Waals surface area contributed by atoms with E-state index < -0.39 is 40.1 Å². The number of nitrogens with zero attached hydrogens (tertiary/aromatic N) is 1. The highest BCUT2D eigenvalue weighted by Gasteiger charge is 2.33. The minimum absolute atomic E-state index is 0.0689. The normalized spacial score (nSPS) is 15.6. The molecule has 4 unspecified atom stereocenters. The van der Waals surface area contributed by atoms with Crippen LogP contribution in [0, 0.1) is 0 Å².